The summed E-state index contributed by atoms with van der Waals surface area (Å²) in [7, 11) is 0. The summed E-state index contributed by atoms with van der Waals surface area (Å²) in [5.41, 5.74) is 1.53. The number of carbonyl (C=O) groups excluding carboxylic acids is 1. The van der Waals surface area contributed by atoms with Crippen molar-refractivity contribution in [2.24, 2.45) is 0 Å². The molecule has 0 saturated carbocycles. The van der Waals surface area contributed by atoms with Crippen LogP contribution in [0.5, 0.6) is 0 Å². The van der Waals surface area contributed by atoms with Gasteiger partial charge in [0.1, 0.15) is 4.88 Å². The van der Waals surface area contributed by atoms with Crippen LogP contribution in [0.1, 0.15) is 20.4 Å². The van der Waals surface area contributed by atoms with Crippen LogP contribution >= 0.6 is 11.3 Å². The molecule has 1 radical (unpaired) electrons. The van der Waals surface area contributed by atoms with Gasteiger partial charge in [-0.25, -0.2) is 4.98 Å². The number of anilines is 1. The highest BCUT2D eigenvalue weighted by atomic mass is 32.1. The van der Waals surface area contributed by atoms with Crippen molar-refractivity contribution < 1.29 is 4.79 Å². The van der Waals surface area contributed by atoms with Gasteiger partial charge in [0.15, 0.2) is 0 Å². The third kappa shape index (κ3) is 2.28. The minimum Gasteiger partial charge on any atom is -0.321 e. The molecule has 0 fully saturated rings. The van der Waals surface area contributed by atoms with Crippen LogP contribution in [0.4, 0.5) is 5.69 Å². The summed E-state index contributed by atoms with van der Waals surface area (Å²) in [6.45, 7) is 3.74. The van der Waals surface area contributed by atoms with E-state index in [0.29, 0.717) is 4.88 Å². The number of rotatable bonds is 2. The van der Waals surface area contributed by atoms with Crippen LogP contribution in [-0.4, -0.2) is 10.9 Å². The molecule has 1 aromatic carbocycles. The highest BCUT2D eigenvalue weighted by Gasteiger charge is 2.13. The molecule has 3 nitrogen and oxygen atoms in total. The Labute approximate surface area is 98.2 Å². The number of hydrogen-bond acceptors (Lipinski definition) is 3. The maximum absolute atomic E-state index is 11.9. The molecule has 81 valence electrons. The topological polar surface area (TPSA) is 42.0 Å². The van der Waals surface area contributed by atoms with Gasteiger partial charge in [0, 0.05) is 5.69 Å². The van der Waals surface area contributed by atoms with E-state index in [2.05, 4.69) is 16.4 Å². The largest absolute Gasteiger partial charge is 0.321 e. The second-order valence-corrected chi connectivity index (χ2v) is 4.60. The lowest BCUT2D eigenvalue weighted by Gasteiger charge is -2.02. The SMILES string of the molecule is Cc1nc(C)c(C(=O)Nc2c[c]ccc2)s1. The first-order valence-electron chi connectivity index (χ1n) is 4.88. The Morgan fingerprint density at radius 1 is 1.50 bits per heavy atom. The standard InChI is InChI=1S/C12H11N2OS/c1-8-11(16-9(2)13-8)12(15)14-10-6-4-3-5-7-10/h3-4,6-7H,1-2H3,(H,14,15). The van der Waals surface area contributed by atoms with E-state index in [1.54, 1.807) is 12.1 Å². The lowest BCUT2D eigenvalue weighted by Crippen LogP contribution is -2.11. The molecule has 1 heterocycles. The molecule has 2 rings (SSSR count). The number of nitrogens with zero attached hydrogens (tertiary/aromatic N) is 1. The molecule has 1 N–H and O–H groups in total. The molecule has 0 unspecified atom stereocenters. The van der Waals surface area contributed by atoms with Crippen molar-refractivity contribution in [1.29, 1.82) is 0 Å². The van der Waals surface area contributed by atoms with Crippen molar-refractivity contribution in [1.82, 2.24) is 4.98 Å². The van der Waals surface area contributed by atoms with Crippen molar-refractivity contribution in [3.05, 3.63) is 45.9 Å². The monoisotopic (exact) mass is 231 g/mol. The summed E-state index contributed by atoms with van der Waals surface area (Å²) in [5.74, 6) is -0.109. The molecule has 2 aromatic rings. The maximum Gasteiger partial charge on any atom is 0.267 e. The molecule has 0 bridgehead atoms. The first kappa shape index (κ1) is 10.8. The molecule has 0 aliphatic rings. The quantitative estimate of drug-likeness (QED) is 0.863. The Morgan fingerprint density at radius 3 is 2.88 bits per heavy atom. The Bertz CT molecular complexity index is 505. The van der Waals surface area contributed by atoms with E-state index in [4.69, 9.17) is 0 Å². The predicted molar refractivity (Wildman–Crippen MR) is 64.8 cm³/mol. The molecule has 4 heteroatoms. The Kier molecular flexibility index (Phi) is 3.01. The summed E-state index contributed by atoms with van der Waals surface area (Å²) >= 11 is 1.41. The van der Waals surface area contributed by atoms with Gasteiger partial charge in [0.2, 0.25) is 0 Å². The fraction of sp³-hybridized carbons (Fsp3) is 0.167. The van der Waals surface area contributed by atoms with Gasteiger partial charge in [-0.3, -0.25) is 4.79 Å². The van der Waals surface area contributed by atoms with Crippen molar-refractivity contribution in [3.63, 3.8) is 0 Å². The minimum absolute atomic E-state index is 0.109. The van der Waals surface area contributed by atoms with E-state index in [1.165, 1.54) is 11.3 Å². The average Bonchev–Trinajstić information content (AvgIpc) is 2.59. The molecular formula is C12H11N2OS. The third-order valence-corrected chi connectivity index (χ3v) is 3.15. The minimum atomic E-state index is -0.109. The molecule has 0 aliphatic heterocycles. The predicted octanol–water partition coefficient (Wildman–Crippen LogP) is 2.81. The summed E-state index contributed by atoms with van der Waals surface area (Å²) in [6, 6.07) is 10.1. The number of aryl methyl sites for hydroxylation is 2. The van der Waals surface area contributed by atoms with Gasteiger partial charge in [0.05, 0.1) is 10.7 Å². The van der Waals surface area contributed by atoms with Crippen LogP contribution in [0.3, 0.4) is 0 Å². The van der Waals surface area contributed by atoms with Crippen LogP contribution in [-0.2, 0) is 0 Å². The van der Waals surface area contributed by atoms with Crippen LogP contribution in [0.25, 0.3) is 0 Å². The third-order valence-electron chi connectivity index (χ3n) is 2.07. The van der Waals surface area contributed by atoms with Crippen molar-refractivity contribution in [2.45, 2.75) is 13.8 Å². The number of carbonyl (C=O) groups is 1. The molecule has 0 atom stereocenters. The van der Waals surface area contributed by atoms with E-state index in [-0.39, 0.29) is 5.91 Å². The second-order valence-electron chi connectivity index (χ2n) is 3.39. The fourth-order valence-electron chi connectivity index (χ4n) is 1.40. The summed E-state index contributed by atoms with van der Waals surface area (Å²) in [4.78, 5) is 16.8. The number of nitrogens with one attached hydrogen (secondary N) is 1. The van der Waals surface area contributed by atoms with E-state index < -0.39 is 0 Å². The van der Waals surface area contributed by atoms with Gasteiger partial charge in [-0.1, -0.05) is 12.1 Å². The summed E-state index contributed by atoms with van der Waals surface area (Å²) in [5, 5.41) is 3.72. The van der Waals surface area contributed by atoms with Crippen LogP contribution in [0.2, 0.25) is 0 Å². The lowest BCUT2D eigenvalue weighted by molar-refractivity contribution is 0.103. The van der Waals surface area contributed by atoms with Crippen molar-refractivity contribution in [3.8, 4) is 0 Å². The van der Waals surface area contributed by atoms with Gasteiger partial charge in [-0.15, -0.1) is 11.3 Å². The molecule has 0 spiro atoms. The van der Waals surface area contributed by atoms with Crippen molar-refractivity contribution in [2.75, 3.05) is 5.32 Å². The number of aromatic nitrogens is 1. The molecule has 16 heavy (non-hydrogen) atoms. The van der Waals surface area contributed by atoms with E-state index in [0.717, 1.165) is 16.4 Å². The lowest BCUT2D eigenvalue weighted by atomic mass is 10.3. The molecule has 0 aliphatic carbocycles. The zero-order valence-corrected chi connectivity index (χ0v) is 9.89. The zero-order chi connectivity index (χ0) is 11.5. The first-order valence-corrected chi connectivity index (χ1v) is 5.70. The van der Waals surface area contributed by atoms with Gasteiger partial charge < -0.3 is 5.32 Å². The second kappa shape index (κ2) is 4.45. The van der Waals surface area contributed by atoms with Crippen LogP contribution in [0.15, 0.2) is 24.3 Å². The number of benzene rings is 1. The number of thiazole rings is 1. The zero-order valence-electron chi connectivity index (χ0n) is 9.07. The van der Waals surface area contributed by atoms with Crippen LogP contribution in [0, 0.1) is 19.9 Å². The Hall–Kier alpha value is -1.68. The molecule has 0 saturated heterocycles. The van der Waals surface area contributed by atoms with Gasteiger partial charge in [-0.05, 0) is 32.0 Å². The van der Waals surface area contributed by atoms with E-state index in [1.807, 2.05) is 26.0 Å². The Balaban J connectivity index is 2.18. The first-order chi connectivity index (χ1) is 7.66. The molecule has 1 amide bonds. The summed E-state index contributed by atoms with van der Waals surface area (Å²) < 4.78 is 0. The van der Waals surface area contributed by atoms with Crippen molar-refractivity contribution >= 4 is 22.9 Å². The van der Waals surface area contributed by atoms with Gasteiger partial charge in [-0.2, -0.15) is 0 Å². The maximum atomic E-state index is 11.9. The van der Waals surface area contributed by atoms with Crippen LogP contribution < -0.4 is 5.32 Å². The normalized spacial score (nSPS) is 10.1. The van der Waals surface area contributed by atoms with E-state index in [9.17, 15) is 4.79 Å². The molecule has 1 aromatic heterocycles. The fourth-order valence-corrected chi connectivity index (χ4v) is 2.22. The Morgan fingerprint density at radius 2 is 2.31 bits per heavy atom. The number of amides is 1. The highest BCUT2D eigenvalue weighted by Crippen LogP contribution is 2.18. The average molecular weight is 231 g/mol. The van der Waals surface area contributed by atoms with Gasteiger partial charge in [0.25, 0.3) is 5.91 Å². The molecular weight excluding hydrogens is 220 g/mol. The van der Waals surface area contributed by atoms with E-state index >= 15 is 0 Å². The number of hydrogen-bond donors (Lipinski definition) is 1. The van der Waals surface area contributed by atoms with Gasteiger partial charge >= 0.3 is 0 Å². The smallest absolute Gasteiger partial charge is 0.267 e. The highest BCUT2D eigenvalue weighted by molar-refractivity contribution is 7.13. The summed E-state index contributed by atoms with van der Waals surface area (Å²) in [6.07, 6.45) is 0.